The monoisotopic (exact) mass is 397 g/mol. The van der Waals surface area contributed by atoms with Gasteiger partial charge in [0.2, 0.25) is 0 Å². The molecule has 2 bridgehead atoms. The van der Waals surface area contributed by atoms with Crippen LogP contribution in [0.5, 0.6) is 0 Å². The van der Waals surface area contributed by atoms with Crippen LogP contribution in [0.4, 0.5) is 0 Å². The van der Waals surface area contributed by atoms with Crippen molar-refractivity contribution in [3.8, 4) is 0 Å². The number of nitrogens with zero attached hydrogens (tertiary/aromatic N) is 1. The highest BCUT2D eigenvalue weighted by atomic mass is 32.2. The number of hydrogen-bond donors (Lipinski definition) is 0. The van der Waals surface area contributed by atoms with Crippen LogP contribution in [0, 0.1) is 28.6 Å². The number of allylic oxidation sites excluding steroid dienone is 1. The van der Waals surface area contributed by atoms with E-state index in [2.05, 4.69) is 0 Å². The fraction of sp³-hybridized carbons (Fsp3) is 0.737. The highest BCUT2D eigenvalue weighted by Gasteiger charge is 2.65. The summed E-state index contributed by atoms with van der Waals surface area (Å²) in [6, 6.07) is 0. The van der Waals surface area contributed by atoms with Gasteiger partial charge in [-0.1, -0.05) is 33.8 Å². The molecule has 1 aliphatic heterocycles. The molecule has 1 heterocycles. The molecule has 2 saturated carbocycles. The first kappa shape index (κ1) is 20.2. The van der Waals surface area contributed by atoms with Crippen molar-refractivity contribution < 1.29 is 27.1 Å². The Kier molecular flexibility index (Phi) is 4.67. The molecular formula is C19H27NO6S. The van der Waals surface area contributed by atoms with E-state index < -0.39 is 44.4 Å². The maximum Gasteiger partial charge on any atom is 0.289 e. The van der Waals surface area contributed by atoms with Gasteiger partial charge in [-0.15, -0.1) is 9.35 Å². The van der Waals surface area contributed by atoms with Crippen molar-refractivity contribution in [3.05, 3.63) is 11.6 Å². The third kappa shape index (κ3) is 2.79. The lowest BCUT2D eigenvalue weighted by molar-refractivity contribution is -0.164. The summed E-state index contributed by atoms with van der Waals surface area (Å²) < 4.78 is 30.6. The zero-order valence-corrected chi connectivity index (χ0v) is 17.3. The summed E-state index contributed by atoms with van der Waals surface area (Å²) in [4.78, 5) is 37.7. The van der Waals surface area contributed by atoms with Crippen LogP contribution in [0.3, 0.4) is 0 Å². The molecule has 7 nitrogen and oxygen atoms in total. The van der Waals surface area contributed by atoms with E-state index in [1.165, 1.54) is 6.08 Å². The first-order chi connectivity index (χ1) is 12.4. The van der Waals surface area contributed by atoms with E-state index in [4.69, 9.17) is 4.28 Å². The molecule has 0 N–H and O–H groups in total. The highest BCUT2D eigenvalue weighted by molar-refractivity contribution is 7.86. The van der Waals surface area contributed by atoms with Crippen molar-refractivity contribution in [1.29, 1.82) is 0 Å². The lowest BCUT2D eigenvalue weighted by Crippen LogP contribution is -2.44. The predicted octanol–water partition coefficient (Wildman–Crippen LogP) is 2.23. The largest absolute Gasteiger partial charge is 0.299 e. The lowest BCUT2D eigenvalue weighted by atomic mass is 9.70. The molecular weight excluding hydrogens is 370 g/mol. The van der Waals surface area contributed by atoms with Crippen LogP contribution in [0.1, 0.15) is 53.9 Å². The highest BCUT2D eigenvalue weighted by Crippen LogP contribution is 2.64. The van der Waals surface area contributed by atoms with E-state index in [1.807, 2.05) is 13.8 Å². The van der Waals surface area contributed by atoms with E-state index in [0.717, 1.165) is 6.42 Å². The summed E-state index contributed by atoms with van der Waals surface area (Å²) in [5.74, 6) is -2.73. The van der Waals surface area contributed by atoms with Crippen LogP contribution in [-0.4, -0.2) is 36.8 Å². The van der Waals surface area contributed by atoms with Gasteiger partial charge in [-0.05, 0) is 37.0 Å². The Balaban J connectivity index is 1.87. The van der Waals surface area contributed by atoms with Crippen LogP contribution >= 0.6 is 0 Å². The molecule has 3 unspecified atom stereocenters. The zero-order chi connectivity index (χ0) is 20.4. The summed E-state index contributed by atoms with van der Waals surface area (Å²) >= 11 is 0. The number of amides is 2. The normalized spacial score (nSPS) is 34.5. The minimum atomic E-state index is -4.31. The molecule has 0 spiro atoms. The van der Waals surface area contributed by atoms with Crippen LogP contribution < -0.4 is 0 Å². The number of rotatable bonds is 5. The van der Waals surface area contributed by atoms with Crippen LogP contribution in [0.2, 0.25) is 0 Å². The number of fused-ring (bicyclic) bond motifs is 2. The van der Waals surface area contributed by atoms with Gasteiger partial charge < -0.3 is 0 Å². The average Bonchev–Trinajstić information content (AvgIpc) is 3.00. The minimum Gasteiger partial charge on any atom is -0.299 e. The number of ketones is 1. The van der Waals surface area contributed by atoms with Crippen molar-refractivity contribution in [1.82, 2.24) is 5.06 Å². The molecule has 3 fully saturated rings. The second kappa shape index (κ2) is 6.24. The third-order valence-electron chi connectivity index (χ3n) is 6.96. The fourth-order valence-corrected chi connectivity index (χ4v) is 6.88. The van der Waals surface area contributed by atoms with E-state index in [-0.39, 0.29) is 23.2 Å². The Hall–Kier alpha value is -1.54. The van der Waals surface area contributed by atoms with Crippen LogP contribution in [-0.2, 0) is 28.8 Å². The van der Waals surface area contributed by atoms with Crippen molar-refractivity contribution in [3.63, 3.8) is 0 Å². The van der Waals surface area contributed by atoms with Crippen molar-refractivity contribution in [2.75, 3.05) is 5.75 Å². The topological polar surface area (TPSA) is 97.8 Å². The van der Waals surface area contributed by atoms with Gasteiger partial charge in [0.1, 0.15) is 5.78 Å². The summed E-state index contributed by atoms with van der Waals surface area (Å²) in [7, 11) is -4.31. The Morgan fingerprint density at radius 2 is 1.89 bits per heavy atom. The maximum absolute atomic E-state index is 12.8. The van der Waals surface area contributed by atoms with E-state index in [9.17, 15) is 22.8 Å². The summed E-state index contributed by atoms with van der Waals surface area (Å²) in [5, 5.41) is 0.366. The van der Waals surface area contributed by atoms with Gasteiger partial charge in [0.25, 0.3) is 21.9 Å². The number of carbonyl (C=O) groups excluding carboxylic acids is 3. The number of carbonyl (C=O) groups is 3. The standard InChI is InChI=1S/C19H27NO6S/c1-6-13-15(11(2)3)17(23)20(16(13)22)26-27(24,25)10-19-8-7-12(9-14(19)21)18(19,4)5/h6,11-12,15H,7-10H2,1-5H3. The van der Waals surface area contributed by atoms with E-state index in [0.29, 0.717) is 17.9 Å². The predicted molar refractivity (Wildman–Crippen MR) is 97.4 cm³/mol. The molecule has 150 valence electrons. The molecule has 8 heteroatoms. The van der Waals surface area contributed by atoms with Gasteiger partial charge in [-0.3, -0.25) is 14.4 Å². The first-order valence-electron chi connectivity index (χ1n) is 9.38. The molecule has 3 aliphatic rings. The summed E-state index contributed by atoms with van der Waals surface area (Å²) in [6.45, 7) is 9.04. The Bertz CT molecular complexity index is 840. The molecule has 1 saturated heterocycles. The van der Waals surface area contributed by atoms with Crippen molar-refractivity contribution in [2.24, 2.45) is 28.6 Å². The zero-order valence-electron chi connectivity index (χ0n) is 16.4. The average molecular weight is 397 g/mol. The van der Waals surface area contributed by atoms with Gasteiger partial charge in [0, 0.05) is 12.0 Å². The Morgan fingerprint density at radius 3 is 2.30 bits per heavy atom. The van der Waals surface area contributed by atoms with Crippen molar-refractivity contribution in [2.45, 2.75) is 53.9 Å². The van der Waals surface area contributed by atoms with Crippen LogP contribution in [0.25, 0.3) is 0 Å². The Morgan fingerprint density at radius 1 is 1.26 bits per heavy atom. The van der Waals surface area contributed by atoms with Gasteiger partial charge in [-0.2, -0.15) is 8.42 Å². The van der Waals surface area contributed by atoms with Gasteiger partial charge >= 0.3 is 0 Å². The molecule has 0 aromatic carbocycles. The second-order valence-corrected chi connectivity index (χ2v) is 10.4. The number of imide groups is 1. The molecule has 3 atom stereocenters. The van der Waals surface area contributed by atoms with Crippen LogP contribution in [0.15, 0.2) is 11.6 Å². The fourth-order valence-electron chi connectivity index (χ4n) is 5.18. The Labute approximate surface area is 160 Å². The summed E-state index contributed by atoms with van der Waals surface area (Å²) in [6.07, 6.45) is 3.18. The molecule has 2 amide bonds. The van der Waals surface area contributed by atoms with Gasteiger partial charge in [-0.25, -0.2) is 0 Å². The van der Waals surface area contributed by atoms with Crippen molar-refractivity contribution >= 4 is 27.7 Å². The van der Waals surface area contributed by atoms with E-state index in [1.54, 1.807) is 20.8 Å². The number of hydrogen-bond acceptors (Lipinski definition) is 6. The lowest BCUT2D eigenvalue weighted by Gasteiger charge is -2.35. The first-order valence-corrected chi connectivity index (χ1v) is 11.0. The second-order valence-electron chi connectivity index (χ2n) is 8.85. The molecule has 3 rings (SSSR count). The SMILES string of the molecule is CC=C1C(=O)N(OS(=O)(=O)CC23CCC(CC2=O)C3(C)C)C(=O)C1C(C)C. The third-order valence-corrected chi connectivity index (χ3v) is 8.18. The smallest absolute Gasteiger partial charge is 0.289 e. The van der Waals surface area contributed by atoms with Gasteiger partial charge in [0.15, 0.2) is 0 Å². The minimum absolute atomic E-state index is 0.0656. The quantitative estimate of drug-likeness (QED) is 0.521. The molecule has 2 aliphatic carbocycles. The van der Waals surface area contributed by atoms with E-state index >= 15 is 0 Å². The summed E-state index contributed by atoms with van der Waals surface area (Å²) in [5.41, 5.74) is -1.22. The molecule has 27 heavy (non-hydrogen) atoms. The number of hydroxylamine groups is 2. The van der Waals surface area contributed by atoms with Gasteiger partial charge in [0.05, 0.1) is 17.1 Å². The molecule has 0 radical (unpaired) electrons. The molecule has 0 aromatic rings. The molecule has 0 aromatic heterocycles. The maximum atomic E-state index is 12.8. The number of Topliss-reactive ketones (excluding diaryl/α,β-unsaturated/α-hetero) is 1.